The van der Waals surface area contributed by atoms with Crippen molar-refractivity contribution >= 4 is 27.3 Å². The van der Waals surface area contributed by atoms with Crippen LogP contribution in [0.25, 0.3) is 10.2 Å². The first-order valence-corrected chi connectivity index (χ1v) is 7.18. The van der Waals surface area contributed by atoms with E-state index in [9.17, 15) is 5.26 Å². The highest BCUT2D eigenvalue weighted by atomic mass is 32.1. The number of hydrogen-bond acceptors (Lipinski definition) is 5. The van der Waals surface area contributed by atoms with Crippen LogP contribution in [0, 0.1) is 11.3 Å². The zero-order chi connectivity index (χ0) is 14.5. The topological polar surface area (TPSA) is 58.3 Å². The van der Waals surface area contributed by atoms with Gasteiger partial charge in [-0.05, 0) is 17.7 Å². The Labute approximate surface area is 125 Å². The third-order valence-corrected chi connectivity index (χ3v) is 3.88. The molecule has 0 saturated carbocycles. The van der Waals surface area contributed by atoms with Crippen molar-refractivity contribution in [2.75, 3.05) is 0 Å². The summed E-state index contributed by atoms with van der Waals surface area (Å²) in [5.41, 5.74) is 2.07. The second kappa shape index (κ2) is 6.16. The minimum Gasteiger partial charge on any atom is -0.390 e. The van der Waals surface area contributed by atoms with Crippen molar-refractivity contribution in [2.45, 2.75) is 6.61 Å². The molecule has 0 bridgehead atoms. The van der Waals surface area contributed by atoms with E-state index in [1.54, 1.807) is 0 Å². The predicted molar refractivity (Wildman–Crippen MR) is 83.0 cm³/mol. The Morgan fingerprint density at radius 1 is 1.14 bits per heavy atom. The van der Waals surface area contributed by atoms with Crippen molar-refractivity contribution in [1.29, 1.82) is 5.26 Å². The van der Waals surface area contributed by atoms with Gasteiger partial charge < -0.3 is 4.84 Å². The van der Waals surface area contributed by atoms with Crippen LogP contribution in [0.5, 0.6) is 0 Å². The van der Waals surface area contributed by atoms with Gasteiger partial charge in [0.15, 0.2) is 5.01 Å². The molecule has 0 aliphatic rings. The zero-order valence-electron chi connectivity index (χ0n) is 11.1. The van der Waals surface area contributed by atoms with E-state index >= 15 is 0 Å². The van der Waals surface area contributed by atoms with E-state index in [2.05, 4.69) is 10.1 Å². The lowest BCUT2D eigenvalue weighted by molar-refractivity contribution is 0.131. The molecule has 102 valence electrons. The second-order valence-electron chi connectivity index (χ2n) is 4.30. The summed E-state index contributed by atoms with van der Waals surface area (Å²) in [5.74, 6) is 0. The van der Waals surface area contributed by atoms with Crippen molar-refractivity contribution < 1.29 is 4.84 Å². The Hall–Kier alpha value is -2.71. The maximum atomic E-state index is 9.21. The Bertz CT molecular complexity index is 785. The number of hydrogen-bond donors (Lipinski definition) is 0. The molecule has 1 heterocycles. The van der Waals surface area contributed by atoms with Crippen molar-refractivity contribution in [1.82, 2.24) is 4.98 Å². The number of aromatic nitrogens is 1. The molecule has 0 amide bonds. The molecule has 1 aromatic heterocycles. The molecule has 21 heavy (non-hydrogen) atoms. The van der Waals surface area contributed by atoms with Gasteiger partial charge in [-0.2, -0.15) is 5.26 Å². The number of para-hydroxylation sites is 1. The number of nitrogens with zero attached hydrogens (tertiary/aromatic N) is 3. The van der Waals surface area contributed by atoms with Crippen LogP contribution in [0.3, 0.4) is 0 Å². The summed E-state index contributed by atoms with van der Waals surface area (Å²) in [4.78, 5) is 9.65. The molecule has 5 heteroatoms. The first kappa shape index (κ1) is 13.3. The van der Waals surface area contributed by atoms with Crippen LogP contribution in [0.4, 0.5) is 0 Å². The average Bonchev–Trinajstić information content (AvgIpc) is 2.96. The molecule has 0 aliphatic carbocycles. The van der Waals surface area contributed by atoms with Crippen LogP contribution >= 0.6 is 11.3 Å². The summed E-state index contributed by atoms with van der Waals surface area (Å²) in [7, 11) is 0. The first-order chi connectivity index (χ1) is 10.4. The third-order valence-electron chi connectivity index (χ3n) is 2.83. The van der Waals surface area contributed by atoms with Gasteiger partial charge in [-0.15, -0.1) is 11.3 Å². The molecule has 3 rings (SSSR count). The van der Waals surface area contributed by atoms with E-state index < -0.39 is 0 Å². The van der Waals surface area contributed by atoms with Gasteiger partial charge in [-0.3, -0.25) is 0 Å². The molecule has 2 aromatic carbocycles. The van der Waals surface area contributed by atoms with E-state index in [-0.39, 0.29) is 5.71 Å². The fourth-order valence-electron chi connectivity index (χ4n) is 1.83. The average molecular weight is 293 g/mol. The highest BCUT2D eigenvalue weighted by molar-refractivity contribution is 7.20. The molecule has 0 N–H and O–H groups in total. The molecule has 0 spiro atoms. The van der Waals surface area contributed by atoms with Crippen LogP contribution < -0.4 is 0 Å². The molecule has 0 atom stereocenters. The molecule has 0 radical (unpaired) electrons. The van der Waals surface area contributed by atoms with Crippen molar-refractivity contribution in [3.63, 3.8) is 0 Å². The highest BCUT2D eigenvalue weighted by Crippen LogP contribution is 2.22. The number of oxime groups is 1. The van der Waals surface area contributed by atoms with Gasteiger partial charge in [0.05, 0.1) is 10.2 Å². The summed E-state index contributed by atoms with van der Waals surface area (Å²) in [6.07, 6.45) is 0. The first-order valence-electron chi connectivity index (χ1n) is 6.37. The molecule has 0 fully saturated rings. The quantitative estimate of drug-likeness (QED) is 0.544. The fraction of sp³-hybridized carbons (Fsp3) is 0.0625. The minimum atomic E-state index is 0.201. The SMILES string of the molecule is N#C/C(=N\OCc1ccccc1)c1nc2ccccc2s1. The van der Waals surface area contributed by atoms with Gasteiger partial charge in [0.2, 0.25) is 5.71 Å². The Kier molecular flexibility index (Phi) is 3.90. The Morgan fingerprint density at radius 2 is 1.90 bits per heavy atom. The number of rotatable bonds is 4. The number of thiazole rings is 1. The summed E-state index contributed by atoms with van der Waals surface area (Å²) >= 11 is 1.43. The normalized spacial score (nSPS) is 11.3. The van der Waals surface area contributed by atoms with Crippen LogP contribution in [-0.2, 0) is 11.4 Å². The summed E-state index contributed by atoms with van der Waals surface area (Å²) in [5, 5.41) is 13.7. The summed E-state index contributed by atoms with van der Waals surface area (Å²) in [6, 6.07) is 19.5. The number of benzene rings is 2. The van der Waals surface area contributed by atoms with E-state index in [1.807, 2.05) is 60.7 Å². The van der Waals surface area contributed by atoms with Gasteiger partial charge in [0, 0.05) is 0 Å². The lowest BCUT2D eigenvalue weighted by Crippen LogP contribution is -1.98. The van der Waals surface area contributed by atoms with Crippen molar-refractivity contribution in [3.8, 4) is 6.07 Å². The molecule has 0 saturated heterocycles. The van der Waals surface area contributed by atoms with E-state index in [0.29, 0.717) is 11.6 Å². The molecular formula is C16H11N3OS. The lowest BCUT2D eigenvalue weighted by atomic mass is 10.2. The van der Waals surface area contributed by atoms with Crippen molar-refractivity contribution in [2.24, 2.45) is 5.16 Å². The summed E-state index contributed by atoms with van der Waals surface area (Å²) < 4.78 is 1.03. The predicted octanol–water partition coefficient (Wildman–Crippen LogP) is 3.74. The van der Waals surface area contributed by atoms with Gasteiger partial charge >= 0.3 is 0 Å². The zero-order valence-corrected chi connectivity index (χ0v) is 11.9. The minimum absolute atomic E-state index is 0.201. The van der Waals surface area contributed by atoms with E-state index in [4.69, 9.17) is 4.84 Å². The van der Waals surface area contributed by atoms with Crippen LogP contribution in [0.1, 0.15) is 10.6 Å². The maximum Gasteiger partial charge on any atom is 0.215 e. The molecule has 4 nitrogen and oxygen atoms in total. The van der Waals surface area contributed by atoms with E-state index in [0.717, 1.165) is 15.8 Å². The van der Waals surface area contributed by atoms with Gasteiger partial charge in [-0.25, -0.2) is 4.98 Å². The van der Waals surface area contributed by atoms with E-state index in [1.165, 1.54) is 11.3 Å². The summed E-state index contributed by atoms with van der Waals surface area (Å²) in [6.45, 7) is 0.330. The highest BCUT2D eigenvalue weighted by Gasteiger charge is 2.10. The number of nitriles is 1. The van der Waals surface area contributed by atoms with Gasteiger partial charge in [-0.1, -0.05) is 47.6 Å². The largest absolute Gasteiger partial charge is 0.390 e. The molecule has 0 unspecified atom stereocenters. The van der Waals surface area contributed by atoms with Gasteiger partial charge in [0.1, 0.15) is 12.7 Å². The molecule has 0 aliphatic heterocycles. The Morgan fingerprint density at radius 3 is 2.67 bits per heavy atom. The third kappa shape index (κ3) is 3.07. The van der Waals surface area contributed by atoms with Crippen LogP contribution in [0.15, 0.2) is 59.8 Å². The molecule has 3 aromatic rings. The molecular weight excluding hydrogens is 282 g/mol. The lowest BCUT2D eigenvalue weighted by Gasteiger charge is -1.99. The standard InChI is InChI=1S/C16H11N3OS/c17-10-14(19-20-11-12-6-2-1-3-7-12)16-18-13-8-4-5-9-15(13)21-16/h1-9H,11H2/b19-14+. The monoisotopic (exact) mass is 293 g/mol. The Balaban J connectivity index is 1.78. The van der Waals surface area contributed by atoms with Crippen molar-refractivity contribution in [3.05, 3.63) is 65.2 Å². The van der Waals surface area contributed by atoms with Crippen LogP contribution in [0.2, 0.25) is 0 Å². The smallest absolute Gasteiger partial charge is 0.215 e. The number of fused-ring (bicyclic) bond motifs is 1. The second-order valence-corrected chi connectivity index (χ2v) is 5.33. The van der Waals surface area contributed by atoms with Crippen LogP contribution in [-0.4, -0.2) is 10.7 Å². The fourth-order valence-corrected chi connectivity index (χ4v) is 2.72. The maximum absolute atomic E-state index is 9.21. The van der Waals surface area contributed by atoms with Gasteiger partial charge in [0.25, 0.3) is 0 Å².